The van der Waals surface area contributed by atoms with Gasteiger partial charge >= 0.3 is 0 Å². The molecule has 1 fully saturated rings. The molecule has 3 aromatic carbocycles. The van der Waals surface area contributed by atoms with Gasteiger partial charge in [-0.05, 0) is 41.3 Å². The van der Waals surface area contributed by atoms with Crippen molar-refractivity contribution >= 4 is 17.5 Å². The Kier molecular flexibility index (Phi) is 6.19. The Morgan fingerprint density at radius 2 is 1.68 bits per heavy atom. The summed E-state index contributed by atoms with van der Waals surface area (Å²) in [5.74, 6) is 0.125. The quantitative estimate of drug-likeness (QED) is 0.422. The number of methoxy groups -OCH3 is 2. The van der Waals surface area contributed by atoms with E-state index in [2.05, 4.69) is 19.1 Å². The van der Waals surface area contributed by atoms with Crippen LogP contribution in [0.3, 0.4) is 0 Å². The minimum atomic E-state index is -1.52. The maximum absolute atomic E-state index is 14.4. The van der Waals surface area contributed by atoms with Gasteiger partial charge in [-0.15, -0.1) is 0 Å². The summed E-state index contributed by atoms with van der Waals surface area (Å²) < 4.78 is 11.0. The molecular formula is C31H27N3O3. The van der Waals surface area contributed by atoms with Crippen molar-refractivity contribution in [1.82, 2.24) is 0 Å². The fourth-order valence-corrected chi connectivity index (χ4v) is 5.73. The molecule has 37 heavy (non-hydrogen) atoms. The number of carbonyl (C=O) groups is 1. The summed E-state index contributed by atoms with van der Waals surface area (Å²) in [7, 11) is 3.09. The van der Waals surface area contributed by atoms with Crippen LogP contribution in [0.4, 0.5) is 5.69 Å². The van der Waals surface area contributed by atoms with Crippen LogP contribution < -0.4 is 14.4 Å². The van der Waals surface area contributed by atoms with Gasteiger partial charge in [-0.25, -0.2) is 0 Å². The first-order chi connectivity index (χ1) is 18.0. The van der Waals surface area contributed by atoms with Crippen molar-refractivity contribution in [3.63, 3.8) is 0 Å². The molecule has 6 heteroatoms. The lowest BCUT2D eigenvalue weighted by Gasteiger charge is -2.35. The summed E-state index contributed by atoms with van der Waals surface area (Å²) in [6.07, 6.45) is 4.69. The third kappa shape index (κ3) is 3.65. The summed E-state index contributed by atoms with van der Waals surface area (Å²) in [6, 6.07) is 24.0. The molecule has 2 aliphatic heterocycles. The zero-order chi connectivity index (χ0) is 26.2. The molecule has 184 valence electrons. The van der Waals surface area contributed by atoms with Crippen LogP contribution in [0.15, 0.2) is 72.8 Å². The van der Waals surface area contributed by atoms with Gasteiger partial charge in [-0.1, -0.05) is 67.6 Å². The molecule has 0 aromatic heterocycles. The Hall–Kier alpha value is -4.55. The number of carbonyl (C=O) groups excluding carboxylic acids is 1. The number of nitriles is 2. The van der Waals surface area contributed by atoms with E-state index in [1.54, 1.807) is 19.2 Å². The average molecular weight is 490 g/mol. The summed E-state index contributed by atoms with van der Waals surface area (Å²) >= 11 is 0. The normalized spacial score (nSPS) is 20.8. The first-order valence-corrected chi connectivity index (χ1v) is 12.3. The van der Waals surface area contributed by atoms with E-state index in [-0.39, 0.29) is 5.78 Å². The summed E-state index contributed by atoms with van der Waals surface area (Å²) in [5.41, 5.74) is 2.60. The smallest absolute Gasteiger partial charge is 0.185 e. The van der Waals surface area contributed by atoms with Gasteiger partial charge in [0.1, 0.15) is 6.04 Å². The molecule has 0 radical (unpaired) electrons. The maximum atomic E-state index is 14.4. The lowest BCUT2D eigenvalue weighted by Crippen LogP contribution is -2.44. The highest BCUT2D eigenvalue weighted by Crippen LogP contribution is 2.56. The van der Waals surface area contributed by atoms with Gasteiger partial charge in [-0.2, -0.15) is 10.5 Å². The van der Waals surface area contributed by atoms with Crippen molar-refractivity contribution in [2.24, 2.45) is 5.41 Å². The van der Waals surface area contributed by atoms with Crippen molar-refractivity contribution in [3.05, 3.63) is 95.1 Å². The Morgan fingerprint density at radius 3 is 2.32 bits per heavy atom. The number of benzene rings is 3. The molecule has 3 atom stereocenters. The third-order valence-corrected chi connectivity index (χ3v) is 7.60. The molecule has 0 N–H and O–H groups in total. The van der Waals surface area contributed by atoms with Crippen molar-refractivity contribution in [2.75, 3.05) is 19.1 Å². The van der Waals surface area contributed by atoms with Gasteiger partial charge in [-0.3, -0.25) is 4.79 Å². The number of aryl methyl sites for hydroxylation is 1. The number of rotatable bonds is 6. The van der Waals surface area contributed by atoms with Crippen LogP contribution in [0.5, 0.6) is 11.5 Å². The summed E-state index contributed by atoms with van der Waals surface area (Å²) in [6.45, 7) is 2.07. The van der Waals surface area contributed by atoms with E-state index in [0.29, 0.717) is 22.6 Å². The average Bonchev–Trinajstić information content (AvgIpc) is 3.27. The maximum Gasteiger partial charge on any atom is 0.185 e. The minimum absolute atomic E-state index is 0.134. The van der Waals surface area contributed by atoms with Crippen LogP contribution in [0.25, 0.3) is 6.08 Å². The van der Waals surface area contributed by atoms with E-state index in [0.717, 1.165) is 23.2 Å². The zero-order valence-corrected chi connectivity index (χ0v) is 21.0. The standard InChI is InChI=1S/C31H27N3O3/c1-4-20-9-11-22(12-10-20)30(35)29-28(23-13-15-25(36-2)26(17-23)37-3)31(18-32,19-33)27-16-14-21-7-5-6-8-24(21)34(27)29/h5-17,27-29H,4H2,1-3H3. The zero-order valence-electron chi connectivity index (χ0n) is 21.0. The van der Waals surface area contributed by atoms with Crippen LogP contribution in [-0.2, 0) is 6.42 Å². The minimum Gasteiger partial charge on any atom is -0.493 e. The first-order valence-electron chi connectivity index (χ1n) is 12.3. The highest BCUT2D eigenvalue weighted by molar-refractivity contribution is 6.04. The number of nitrogens with zero attached hydrogens (tertiary/aromatic N) is 3. The van der Waals surface area contributed by atoms with Gasteiger partial charge in [0.25, 0.3) is 0 Å². The van der Waals surface area contributed by atoms with Crippen LogP contribution in [0.1, 0.15) is 39.9 Å². The molecular weight excluding hydrogens is 462 g/mol. The number of hydrogen-bond donors (Lipinski definition) is 0. The van der Waals surface area contributed by atoms with Gasteiger partial charge < -0.3 is 14.4 Å². The second-order valence-electron chi connectivity index (χ2n) is 9.31. The number of ketones is 1. The van der Waals surface area contributed by atoms with Crippen LogP contribution in [-0.4, -0.2) is 32.1 Å². The number of Topliss-reactive ketones (excluding diaryl/α,β-unsaturated/α-hetero) is 1. The third-order valence-electron chi connectivity index (χ3n) is 7.60. The van der Waals surface area contributed by atoms with E-state index < -0.39 is 23.4 Å². The number of para-hydroxylation sites is 1. The topological polar surface area (TPSA) is 86.3 Å². The summed E-state index contributed by atoms with van der Waals surface area (Å²) in [4.78, 5) is 16.3. The second-order valence-corrected chi connectivity index (χ2v) is 9.31. The Bertz CT molecular complexity index is 1450. The molecule has 0 bridgehead atoms. The van der Waals surface area contributed by atoms with Gasteiger partial charge in [0.15, 0.2) is 22.7 Å². The fraction of sp³-hybridized carbons (Fsp3) is 0.258. The highest BCUT2D eigenvalue weighted by atomic mass is 16.5. The van der Waals surface area contributed by atoms with Crippen LogP contribution in [0, 0.1) is 28.1 Å². The van der Waals surface area contributed by atoms with Crippen molar-refractivity contribution in [3.8, 4) is 23.6 Å². The predicted molar refractivity (Wildman–Crippen MR) is 142 cm³/mol. The molecule has 0 spiro atoms. The van der Waals surface area contributed by atoms with E-state index in [1.165, 1.54) is 7.11 Å². The molecule has 0 saturated carbocycles. The van der Waals surface area contributed by atoms with Crippen LogP contribution in [0.2, 0.25) is 0 Å². The molecule has 3 unspecified atom stereocenters. The number of ether oxygens (including phenoxy) is 2. The molecule has 5 rings (SSSR count). The predicted octanol–water partition coefficient (Wildman–Crippen LogP) is 5.55. The molecule has 2 aliphatic rings. The van der Waals surface area contributed by atoms with Crippen molar-refractivity contribution in [1.29, 1.82) is 10.5 Å². The summed E-state index contributed by atoms with van der Waals surface area (Å²) in [5, 5.41) is 21.2. The number of fused-ring (bicyclic) bond motifs is 3. The fourth-order valence-electron chi connectivity index (χ4n) is 5.73. The molecule has 0 amide bonds. The Balaban J connectivity index is 1.76. The molecule has 0 aliphatic carbocycles. The molecule has 6 nitrogen and oxygen atoms in total. The van der Waals surface area contributed by atoms with Gasteiger partial charge in [0.2, 0.25) is 0 Å². The Labute approximate surface area is 217 Å². The van der Waals surface area contributed by atoms with E-state index >= 15 is 0 Å². The highest BCUT2D eigenvalue weighted by Gasteiger charge is 2.63. The number of hydrogen-bond acceptors (Lipinski definition) is 6. The van der Waals surface area contributed by atoms with Gasteiger partial charge in [0.05, 0.1) is 32.4 Å². The first kappa shape index (κ1) is 24.2. The SMILES string of the molecule is CCc1ccc(C(=O)C2C(c3ccc(OC)c(OC)c3)C(C#N)(C#N)C3C=Cc4ccccc4N23)cc1. The molecule has 3 aromatic rings. The van der Waals surface area contributed by atoms with Crippen molar-refractivity contribution < 1.29 is 14.3 Å². The van der Waals surface area contributed by atoms with Crippen molar-refractivity contribution in [2.45, 2.75) is 31.3 Å². The van der Waals surface area contributed by atoms with E-state index in [1.807, 2.05) is 71.6 Å². The lowest BCUT2D eigenvalue weighted by molar-refractivity contribution is 0.0951. The Morgan fingerprint density at radius 1 is 0.973 bits per heavy atom. The lowest BCUT2D eigenvalue weighted by atomic mass is 9.69. The van der Waals surface area contributed by atoms with Gasteiger partial charge in [0, 0.05) is 17.2 Å². The number of anilines is 1. The molecule has 1 saturated heterocycles. The molecule has 2 heterocycles. The largest absolute Gasteiger partial charge is 0.493 e. The van der Waals surface area contributed by atoms with Crippen LogP contribution >= 0.6 is 0 Å². The monoisotopic (exact) mass is 489 g/mol. The second kappa shape index (κ2) is 9.48. The van der Waals surface area contributed by atoms with E-state index in [4.69, 9.17) is 9.47 Å². The van der Waals surface area contributed by atoms with E-state index in [9.17, 15) is 15.3 Å².